The summed E-state index contributed by atoms with van der Waals surface area (Å²) in [7, 11) is -3.94. The van der Waals surface area contributed by atoms with Crippen molar-refractivity contribution >= 4 is 27.4 Å². The van der Waals surface area contributed by atoms with Gasteiger partial charge in [0.05, 0.1) is 10.6 Å². The summed E-state index contributed by atoms with van der Waals surface area (Å²) >= 11 is 0. The average molecular weight is 455 g/mol. The Kier molecular flexibility index (Phi) is 6.09. The lowest BCUT2D eigenvalue weighted by Crippen LogP contribution is -2.49. The summed E-state index contributed by atoms with van der Waals surface area (Å²) in [5, 5.41) is 0. The van der Waals surface area contributed by atoms with Crippen LogP contribution in [0, 0.1) is 12.7 Å². The lowest BCUT2D eigenvalue weighted by Gasteiger charge is -2.35. The molecule has 0 saturated carbocycles. The van der Waals surface area contributed by atoms with Gasteiger partial charge in [0.25, 0.3) is 15.9 Å². The smallest absolute Gasteiger partial charge is 0.261 e. The summed E-state index contributed by atoms with van der Waals surface area (Å²) in [4.78, 5) is 21.1. The maximum atomic E-state index is 13.3. The first kappa shape index (κ1) is 21.8. The number of anilines is 2. The Morgan fingerprint density at radius 2 is 1.78 bits per heavy atom. The first-order chi connectivity index (χ1) is 15.3. The zero-order valence-electron chi connectivity index (χ0n) is 17.5. The summed E-state index contributed by atoms with van der Waals surface area (Å²) in [6.45, 7) is 3.93. The normalized spacial score (nSPS) is 14.3. The van der Waals surface area contributed by atoms with E-state index in [1.807, 2.05) is 18.2 Å². The number of benzene rings is 2. The van der Waals surface area contributed by atoms with Crippen LogP contribution in [0.4, 0.5) is 15.9 Å². The number of piperazine rings is 1. The Balaban J connectivity index is 1.47. The summed E-state index contributed by atoms with van der Waals surface area (Å²) < 4.78 is 41.5. The van der Waals surface area contributed by atoms with Gasteiger partial charge in [0.2, 0.25) is 0 Å². The van der Waals surface area contributed by atoms with Crippen molar-refractivity contribution < 1.29 is 17.6 Å². The third-order valence-electron chi connectivity index (χ3n) is 5.36. The summed E-state index contributed by atoms with van der Waals surface area (Å²) in [6, 6.07) is 15.5. The summed E-state index contributed by atoms with van der Waals surface area (Å²) in [6.07, 6.45) is 1.74. The van der Waals surface area contributed by atoms with Gasteiger partial charge in [-0.2, -0.15) is 0 Å². The molecular formula is C23H23FN4O3S. The third-order valence-corrected chi connectivity index (χ3v) is 6.73. The number of hydrogen-bond acceptors (Lipinski definition) is 5. The van der Waals surface area contributed by atoms with Crippen molar-refractivity contribution in [3.63, 3.8) is 0 Å². The number of nitrogens with zero attached hydrogens (tertiary/aromatic N) is 3. The lowest BCUT2D eigenvalue weighted by molar-refractivity contribution is 0.0746. The minimum atomic E-state index is -3.94. The Labute approximate surface area is 186 Å². The molecule has 9 heteroatoms. The van der Waals surface area contributed by atoms with Crippen LogP contribution in [0.1, 0.15) is 15.9 Å². The standard InChI is InChI=1S/C23H23FN4O3S/c1-17-15-19(24)8-9-21(17)26-32(30,31)20-6-4-5-18(16-20)23(29)28-13-11-27(12-14-28)22-7-2-3-10-25-22/h2-10,15-16,26H,11-14H2,1H3. The summed E-state index contributed by atoms with van der Waals surface area (Å²) in [5.74, 6) is 0.205. The number of aryl methyl sites for hydroxylation is 1. The zero-order valence-corrected chi connectivity index (χ0v) is 18.3. The van der Waals surface area contributed by atoms with Crippen LogP contribution in [-0.4, -0.2) is 50.4 Å². The lowest BCUT2D eigenvalue weighted by atomic mass is 10.2. The van der Waals surface area contributed by atoms with Crippen molar-refractivity contribution in [1.29, 1.82) is 0 Å². The molecule has 32 heavy (non-hydrogen) atoms. The first-order valence-electron chi connectivity index (χ1n) is 10.2. The van der Waals surface area contributed by atoms with E-state index in [0.717, 1.165) is 5.82 Å². The second kappa shape index (κ2) is 8.96. The van der Waals surface area contributed by atoms with Gasteiger partial charge in [0, 0.05) is 37.9 Å². The molecule has 2 heterocycles. The molecule has 1 fully saturated rings. The molecule has 1 aliphatic rings. The number of pyridine rings is 1. The van der Waals surface area contributed by atoms with Crippen LogP contribution in [0.25, 0.3) is 0 Å². The number of nitrogens with one attached hydrogen (secondary N) is 1. The predicted octanol–water partition coefficient (Wildman–Crippen LogP) is 3.29. The Hall–Kier alpha value is -3.46. The van der Waals surface area contributed by atoms with Crippen LogP contribution in [0.3, 0.4) is 0 Å². The fourth-order valence-corrected chi connectivity index (χ4v) is 4.78. The van der Waals surface area contributed by atoms with E-state index in [0.29, 0.717) is 37.3 Å². The van der Waals surface area contributed by atoms with E-state index in [1.54, 1.807) is 30.2 Å². The third kappa shape index (κ3) is 4.72. The molecule has 1 amide bonds. The molecule has 166 valence electrons. The quantitative estimate of drug-likeness (QED) is 0.640. The van der Waals surface area contributed by atoms with Gasteiger partial charge < -0.3 is 9.80 Å². The fourth-order valence-electron chi connectivity index (χ4n) is 3.60. The van der Waals surface area contributed by atoms with Gasteiger partial charge in [-0.25, -0.2) is 17.8 Å². The molecule has 0 unspecified atom stereocenters. The van der Waals surface area contributed by atoms with Gasteiger partial charge >= 0.3 is 0 Å². The van der Waals surface area contributed by atoms with Gasteiger partial charge in [0.1, 0.15) is 11.6 Å². The van der Waals surface area contributed by atoms with Gasteiger partial charge in [-0.3, -0.25) is 9.52 Å². The highest BCUT2D eigenvalue weighted by atomic mass is 32.2. The maximum Gasteiger partial charge on any atom is 0.261 e. The van der Waals surface area contributed by atoms with Crippen molar-refractivity contribution in [2.45, 2.75) is 11.8 Å². The van der Waals surface area contributed by atoms with E-state index in [2.05, 4.69) is 14.6 Å². The van der Waals surface area contributed by atoms with Crippen molar-refractivity contribution in [3.8, 4) is 0 Å². The van der Waals surface area contributed by atoms with E-state index in [9.17, 15) is 17.6 Å². The molecule has 1 aromatic heterocycles. The van der Waals surface area contributed by atoms with E-state index < -0.39 is 15.8 Å². The average Bonchev–Trinajstić information content (AvgIpc) is 2.81. The Bertz CT molecular complexity index is 1230. The largest absolute Gasteiger partial charge is 0.353 e. The summed E-state index contributed by atoms with van der Waals surface area (Å²) in [5.41, 5.74) is 1.05. The van der Waals surface area contributed by atoms with E-state index in [-0.39, 0.29) is 16.5 Å². The topological polar surface area (TPSA) is 82.6 Å². The van der Waals surface area contributed by atoms with Crippen LogP contribution >= 0.6 is 0 Å². The number of halogens is 1. The molecule has 3 aromatic rings. The van der Waals surface area contributed by atoms with Gasteiger partial charge in [-0.15, -0.1) is 0 Å². The number of carbonyl (C=O) groups is 1. The Morgan fingerprint density at radius 3 is 2.47 bits per heavy atom. The highest BCUT2D eigenvalue weighted by molar-refractivity contribution is 7.92. The van der Waals surface area contributed by atoms with Gasteiger partial charge in [0.15, 0.2) is 0 Å². The molecule has 1 saturated heterocycles. The molecule has 0 aliphatic carbocycles. The van der Waals surface area contributed by atoms with Crippen LogP contribution < -0.4 is 9.62 Å². The van der Waals surface area contributed by atoms with Gasteiger partial charge in [-0.05, 0) is 61.0 Å². The molecule has 1 N–H and O–H groups in total. The van der Waals surface area contributed by atoms with Crippen LogP contribution in [0.2, 0.25) is 0 Å². The number of sulfonamides is 1. The number of rotatable bonds is 5. The monoisotopic (exact) mass is 454 g/mol. The minimum Gasteiger partial charge on any atom is -0.353 e. The Morgan fingerprint density at radius 1 is 1.00 bits per heavy atom. The molecule has 0 radical (unpaired) electrons. The van der Waals surface area contributed by atoms with Crippen molar-refractivity contribution in [2.24, 2.45) is 0 Å². The maximum absolute atomic E-state index is 13.3. The van der Waals surface area contributed by atoms with Crippen LogP contribution in [0.15, 0.2) is 71.8 Å². The zero-order chi connectivity index (χ0) is 22.7. The number of hydrogen-bond donors (Lipinski definition) is 1. The molecule has 2 aromatic carbocycles. The molecule has 0 spiro atoms. The SMILES string of the molecule is Cc1cc(F)ccc1NS(=O)(=O)c1cccc(C(=O)N2CCN(c3ccccn3)CC2)c1. The van der Waals surface area contributed by atoms with E-state index in [1.165, 1.54) is 30.3 Å². The van der Waals surface area contributed by atoms with Crippen LogP contribution in [-0.2, 0) is 10.0 Å². The molecule has 4 rings (SSSR count). The van der Waals surface area contributed by atoms with Crippen LogP contribution in [0.5, 0.6) is 0 Å². The molecule has 1 aliphatic heterocycles. The second-order valence-corrected chi connectivity index (χ2v) is 9.24. The number of aromatic nitrogens is 1. The van der Waals surface area contributed by atoms with E-state index >= 15 is 0 Å². The highest BCUT2D eigenvalue weighted by Gasteiger charge is 2.24. The number of carbonyl (C=O) groups excluding carboxylic acids is 1. The fraction of sp³-hybridized carbons (Fsp3) is 0.217. The molecule has 7 nitrogen and oxygen atoms in total. The van der Waals surface area contributed by atoms with Crippen molar-refractivity contribution in [2.75, 3.05) is 35.8 Å². The van der Waals surface area contributed by atoms with Crippen molar-refractivity contribution in [3.05, 3.63) is 83.8 Å². The number of amides is 1. The molecular weight excluding hydrogens is 431 g/mol. The molecule has 0 bridgehead atoms. The first-order valence-corrected chi connectivity index (χ1v) is 11.7. The predicted molar refractivity (Wildman–Crippen MR) is 121 cm³/mol. The molecule has 0 atom stereocenters. The van der Waals surface area contributed by atoms with E-state index in [4.69, 9.17) is 0 Å². The second-order valence-electron chi connectivity index (χ2n) is 7.56. The van der Waals surface area contributed by atoms with Crippen molar-refractivity contribution in [1.82, 2.24) is 9.88 Å². The minimum absolute atomic E-state index is 0.0285. The van der Waals surface area contributed by atoms with Gasteiger partial charge in [-0.1, -0.05) is 12.1 Å². The highest BCUT2D eigenvalue weighted by Crippen LogP contribution is 2.22.